The molecule has 5 atom stereocenters. The minimum Gasteiger partial charge on any atom is -0.504 e. The number of aromatic amines is 1. The van der Waals surface area contributed by atoms with Crippen molar-refractivity contribution in [3.8, 4) is 28.7 Å². The Kier molecular flexibility index (Phi) is 10.0. The third-order valence-electron chi connectivity index (χ3n) is 10.5. The first kappa shape index (κ1) is 34.1. The zero-order valence-corrected chi connectivity index (χ0v) is 27.6. The number of aryl methyl sites for hydroxylation is 2. The summed E-state index contributed by atoms with van der Waals surface area (Å²) in [4.78, 5) is 22.2. The van der Waals surface area contributed by atoms with Crippen molar-refractivity contribution in [3.63, 3.8) is 0 Å². The van der Waals surface area contributed by atoms with Crippen molar-refractivity contribution in [2.75, 3.05) is 19.5 Å². The summed E-state index contributed by atoms with van der Waals surface area (Å²) in [6.45, 7) is 0.524. The predicted molar refractivity (Wildman–Crippen MR) is 183 cm³/mol. The van der Waals surface area contributed by atoms with Gasteiger partial charge in [0.25, 0.3) is 0 Å². The number of nitrogens with one attached hydrogen (secondary N) is 1. The molecule has 3 heterocycles. The predicted octanol–water partition coefficient (Wildman–Crippen LogP) is 4.51. The Hall–Kier alpha value is -4.74. The Morgan fingerprint density at radius 3 is 2.73 bits per heavy atom. The van der Waals surface area contributed by atoms with E-state index >= 15 is 0 Å². The Morgan fingerprint density at radius 2 is 1.98 bits per heavy atom. The summed E-state index contributed by atoms with van der Waals surface area (Å²) in [5.41, 5.74) is 9.33. The molecule has 11 heteroatoms. The number of pyridine rings is 1. The minimum atomic E-state index is -1.12. The molecule has 1 fully saturated rings. The van der Waals surface area contributed by atoms with Crippen molar-refractivity contribution in [2.24, 2.45) is 11.8 Å². The van der Waals surface area contributed by atoms with Gasteiger partial charge in [0, 0.05) is 41.4 Å². The lowest BCUT2D eigenvalue weighted by Gasteiger charge is -2.45. The van der Waals surface area contributed by atoms with Crippen molar-refractivity contribution in [1.82, 2.24) is 9.97 Å². The van der Waals surface area contributed by atoms with Crippen molar-refractivity contribution in [3.05, 3.63) is 88.9 Å². The molecule has 1 saturated carbocycles. The van der Waals surface area contributed by atoms with E-state index in [0.29, 0.717) is 43.6 Å². The number of nitrogens with two attached hydrogens (primary N) is 1. The number of aromatic hydroxyl groups is 3. The number of ether oxygens (including phenoxy) is 2. The first-order valence-electron chi connectivity index (χ1n) is 16.9. The number of nitrogens with zero attached hydrogens (tertiary/aromatic N) is 1. The zero-order valence-electron chi connectivity index (χ0n) is 27.6. The van der Waals surface area contributed by atoms with Gasteiger partial charge in [-0.25, -0.2) is 4.98 Å². The Labute approximate surface area is 285 Å². The summed E-state index contributed by atoms with van der Waals surface area (Å²) in [5.74, 6) is -1.38. The van der Waals surface area contributed by atoms with Crippen LogP contribution in [0.4, 0.5) is 5.82 Å². The Balaban J connectivity index is 1.40. The average Bonchev–Trinajstić information content (AvgIpc) is 3.74. The molecule has 11 nitrogen and oxygen atoms in total. The summed E-state index contributed by atoms with van der Waals surface area (Å²) in [6.07, 6.45) is 5.35. The number of aromatic nitrogens is 2. The molecule has 2 aliphatic rings. The molecule has 2 aromatic heterocycles. The largest absolute Gasteiger partial charge is 0.504 e. The molecule has 1 aliphatic heterocycles. The lowest BCUT2D eigenvalue weighted by atomic mass is 9.58. The maximum absolute atomic E-state index is 14.8. The monoisotopic (exact) mass is 671 g/mol. The van der Waals surface area contributed by atoms with Gasteiger partial charge >= 0.3 is 0 Å². The lowest BCUT2D eigenvalue weighted by molar-refractivity contribution is -0.132. The number of hydrogen-bond donors (Lipinski definition) is 7. The highest BCUT2D eigenvalue weighted by Gasteiger charge is 2.57. The van der Waals surface area contributed by atoms with Gasteiger partial charge < -0.3 is 45.7 Å². The number of phenolic OH excluding ortho intramolecular Hbond substituents is 3. The maximum atomic E-state index is 14.8. The SMILES string of the molecule is COc1cc(CCC(=O)[C@H]([C@H](O)CCc2ccc(O)c3c2CCCO3)[C@@]2(c3ccnc(N)c3)CC[C@H](O)[C@H]2Cc2ccc[nH]2)cc(O)c1O. The number of fused-ring (bicyclic) bond motifs is 1. The number of carbonyl (C=O) groups is 1. The zero-order chi connectivity index (χ0) is 34.7. The normalized spacial score (nSPS) is 21.4. The van der Waals surface area contributed by atoms with Gasteiger partial charge in [-0.2, -0.15) is 0 Å². The quantitative estimate of drug-likeness (QED) is 0.0996. The number of carbonyl (C=O) groups excluding carboxylic acids is 1. The van der Waals surface area contributed by atoms with Gasteiger partial charge in [-0.1, -0.05) is 6.07 Å². The van der Waals surface area contributed by atoms with Gasteiger partial charge in [0.2, 0.25) is 5.75 Å². The number of hydrogen-bond acceptors (Lipinski definition) is 10. The van der Waals surface area contributed by atoms with Crippen LogP contribution in [0.3, 0.4) is 0 Å². The number of benzene rings is 2. The highest BCUT2D eigenvalue weighted by atomic mass is 16.5. The molecule has 0 amide bonds. The van der Waals surface area contributed by atoms with Gasteiger partial charge in [-0.15, -0.1) is 0 Å². The van der Waals surface area contributed by atoms with Gasteiger partial charge in [0.1, 0.15) is 11.6 Å². The second-order valence-corrected chi connectivity index (χ2v) is 13.3. The molecule has 0 saturated heterocycles. The number of aliphatic hydroxyl groups is 2. The topological polar surface area (TPSA) is 191 Å². The number of ketones is 1. The summed E-state index contributed by atoms with van der Waals surface area (Å²) in [7, 11) is 1.38. The third-order valence-corrected chi connectivity index (χ3v) is 10.5. The number of nitrogen functional groups attached to an aromatic ring is 1. The van der Waals surface area contributed by atoms with Crippen molar-refractivity contribution in [1.29, 1.82) is 0 Å². The maximum Gasteiger partial charge on any atom is 0.200 e. The number of phenols is 3. The number of H-pyrrole nitrogens is 1. The van der Waals surface area contributed by atoms with Crippen molar-refractivity contribution >= 4 is 11.6 Å². The molecule has 6 rings (SSSR count). The van der Waals surface area contributed by atoms with E-state index in [1.54, 1.807) is 24.4 Å². The summed E-state index contributed by atoms with van der Waals surface area (Å²) >= 11 is 0. The van der Waals surface area contributed by atoms with Gasteiger partial charge in [0.05, 0.1) is 31.8 Å². The molecular formula is C38H45N3O8. The fourth-order valence-electron chi connectivity index (χ4n) is 8.26. The summed E-state index contributed by atoms with van der Waals surface area (Å²) in [5, 5.41) is 54.8. The molecule has 2 aromatic carbocycles. The number of Topliss-reactive ketones (excluding diaryl/α,β-unsaturated/α-hetero) is 1. The summed E-state index contributed by atoms with van der Waals surface area (Å²) in [6, 6.07) is 13.9. The van der Waals surface area contributed by atoms with Gasteiger partial charge in [-0.05, 0) is 111 Å². The van der Waals surface area contributed by atoms with Crippen LogP contribution in [0.5, 0.6) is 28.7 Å². The van der Waals surface area contributed by atoms with Crippen LogP contribution in [0.25, 0.3) is 0 Å². The average molecular weight is 672 g/mol. The molecule has 0 spiro atoms. The van der Waals surface area contributed by atoms with Crippen LogP contribution in [-0.2, 0) is 35.9 Å². The molecular weight excluding hydrogens is 626 g/mol. The van der Waals surface area contributed by atoms with E-state index in [2.05, 4.69) is 9.97 Å². The minimum absolute atomic E-state index is 0.0190. The van der Waals surface area contributed by atoms with E-state index in [1.165, 1.54) is 13.2 Å². The Bertz CT molecular complexity index is 1780. The van der Waals surface area contributed by atoms with E-state index in [-0.39, 0.29) is 53.9 Å². The van der Waals surface area contributed by atoms with Crippen molar-refractivity contribution in [2.45, 2.75) is 75.4 Å². The van der Waals surface area contributed by atoms with Crippen LogP contribution in [0.2, 0.25) is 0 Å². The number of aliphatic hydroxyl groups excluding tert-OH is 2. The first-order valence-corrected chi connectivity index (χ1v) is 16.9. The van der Waals surface area contributed by atoms with E-state index in [4.69, 9.17) is 15.2 Å². The molecule has 4 aromatic rings. The van der Waals surface area contributed by atoms with E-state index < -0.39 is 29.5 Å². The molecule has 8 N–H and O–H groups in total. The molecule has 0 unspecified atom stereocenters. The number of methoxy groups -OCH3 is 1. The first-order chi connectivity index (χ1) is 23.6. The van der Waals surface area contributed by atoms with Crippen LogP contribution in [0.1, 0.15) is 60.1 Å². The van der Waals surface area contributed by atoms with Crippen LogP contribution in [-0.4, -0.2) is 67.2 Å². The highest BCUT2D eigenvalue weighted by Crippen LogP contribution is 2.54. The molecule has 1 aliphatic carbocycles. The molecule has 49 heavy (non-hydrogen) atoms. The molecule has 260 valence electrons. The van der Waals surface area contributed by atoms with Crippen LogP contribution in [0, 0.1) is 11.8 Å². The van der Waals surface area contributed by atoms with Crippen LogP contribution < -0.4 is 15.2 Å². The standard InChI is InChI=1S/C38H45N3O8/c1-48-33-19-22(18-32(46)36(33)47)6-9-29(43)35(30(44)10-7-23-8-11-31(45)37-26(23)5-3-17-49-37)38(24-13-16-41-34(39)20-24)14-12-28(42)27(38)21-25-4-2-15-40-25/h2,4,8,11,13,15-16,18-20,27-28,30,35,40,42,44-47H,3,5-7,9-10,12,14,17,21H2,1H3,(H2,39,41)/t27-,28+,30-,35-,38-/m1/s1. The molecule has 0 bridgehead atoms. The van der Waals surface area contributed by atoms with Crippen LogP contribution in [0.15, 0.2) is 60.9 Å². The van der Waals surface area contributed by atoms with Gasteiger partial charge in [-0.3, -0.25) is 4.79 Å². The van der Waals surface area contributed by atoms with E-state index in [0.717, 1.165) is 35.2 Å². The second kappa shape index (κ2) is 14.4. The fraction of sp³-hybridized carbons (Fsp3) is 0.421. The van der Waals surface area contributed by atoms with Crippen molar-refractivity contribution < 1.29 is 39.8 Å². The van der Waals surface area contributed by atoms with Crippen LogP contribution >= 0.6 is 0 Å². The smallest absolute Gasteiger partial charge is 0.200 e. The van der Waals surface area contributed by atoms with E-state index in [9.17, 15) is 30.3 Å². The second-order valence-electron chi connectivity index (χ2n) is 13.3. The lowest BCUT2D eigenvalue weighted by Crippen LogP contribution is -2.51. The van der Waals surface area contributed by atoms with E-state index in [1.807, 2.05) is 30.5 Å². The number of anilines is 1. The van der Waals surface area contributed by atoms with Gasteiger partial charge in [0.15, 0.2) is 23.0 Å². The Morgan fingerprint density at radius 1 is 1.14 bits per heavy atom. The molecule has 0 radical (unpaired) electrons. The fourth-order valence-corrected chi connectivity index (χ4v) is 8.26. The third kappa shape index (κ3) is 6.78. The summed E-state index contributed by atoms with van der Waals surface area (Å²) < 4.78 is 11.0. The number of rotatable bonds is 13. The highest BCUT2D eigenvalue weighted by molar-refractivity contribution is 5.84.